The summed E-state index contributed by atoms with van der Waals surface area (Å²) in [5, 5.41) is 3.04. The molecular formula is C16H23FN2O3. The molecule has 2 amide bonds. The Kier molecular flexibility index (Phi) is 3.40. The fourth-order valence-electron chi connectivity index (χ4n) is 3.94. The zero-order chi connectivity index (χ0) is 15.3. The van der Waals surface area contributed by atoms with Gasteiger partial charge in [0.1, 0.15) is 0 Å². The van der Waals surface area contributed by atoms with E-state index in [9.17, 15) is 14.0 Å². The number of nitrogens with one attached hydrogen (secondary N) is 1. The lowest BCUT2D eigenvalue weighted by molar-refractivity contribution is -0.157. The molecule has 0 bridgehead atoms. The molecular weight excluding hydrogens is 287 g/mol. The molecule has 3 atom stereocenters. The molecule has 2 heterocycles. The van der Waals surface area contributed by atoms with Crippen molar-refractivity contribution in [2.45, 2.75) is 56.3 Å². The minimum absolute atomic E-state index is 0.0158. The molecule has 2 aliphatic heterocycles. The van der Waals surface area contributed by atoms with Crippen LogP contribution >= 0.6 is 0 Å². The van der Waals surface area contributed by atoms with Crippen LogP contribution in [0.4, 0.5) is 4.39 Å². The van der Waals surface area contributed by atoms with Crippen LogP contribution in [-0.4, -0.2) is 54.2 Å². The topological polar surface area (TPSA) is 58.6 Å². The fourth-order valence-corrected chi connectivity index (χ4v) is 3.94. The highest BCUT2D eigenvalue weighted by Gasteiger charge is 2.52. The Labute approximate surface area is 129 Å². The Bertz CT molecular complexity index is 490. The first-order chi connectivity index (χ1) is 10.6. The van der Waals surface area contributed by atoms with Gasteiger partial charge in [-0.3, -0.25) is 9.59 Å². The van der Waals surface area contributed by atoms with Crippen molar-refractivity contribution in [3.8, 4) is 0 Å². The number of nitrogens with zero attached hydrogens (tertiary/aromatic N) is 1. The van der Waals surface area contributed by atoms with Crippen molar-refractivity contribution in [1.29, 1.82) is 0 Å². The van der Waals surface area contributed by atoms with Gasteiger partial charge in [0.15, 0.2) is 5.67 Å². The van der Waals surface area contributed by atoms with Crippen molar-refractivity contribution in [3.63, 3.8) is 0 Å². The third-order valence-corrected chi connectivity index (χ3v) is 5.67. The fraction of sp³-hybridized carbons (Fsp3) is 0.875. The Hall–Kier alpha value is -1.17. The minimum atomic E-state index is -1.69. The van der Waals surface area contributed by atoms with Crippen molar-refractivity contribution in [2.24, 2.45) is 11.8 Å². The summed E-state index contributed by atoms with van der Waals surface area (Å²) in [4.78, 5) is 26.5. The summed E-state index contributed by atoms with van der Waals surface area (Å²) < 4.78 is 20.2. The second-order valence-electron chi connectivity index (χ2n) is 7.28. The van der Waals surface area contributed by atoms with Crippen LogP contribution in [0.1, 0.15) is 38.5 Å². The van der Waals surface area contributed by atoms with Crippen LogP contribution < -0.4 is 5.32 Å². The minimum Gasteiger partial charge on any atom is -0.376 e. The Morgan fingerprint density at radius 3 is 2.59 bits per heavy atom. The van der Waals surface area contributed by atoms with E-state index < -0.39 is 11.6 Å². The van der Waals surface area contributed by atoms with Crippen molar-refractivity contribution >= 4 is 11.8 Å². The van der Waals surface area contributed by atoms with E-state index >= 15 is 0 Å². The summed E-state index contributed by atoms with van der Waals surface area (Å²) >= 11 is 0. The van der Waals surface area contributed by atoms with Gasteiger partial charge >= 0.3 is 0 Å². The summed E-state index contributed by atoms with van der Waals surface area (Å²) in [6.07, 6.45) is 4.22. The van der Waals surface area contributed by atoms with E-state index in [1.165, 1.54) is 0 Å². The van der Waals surface area contributed by atoms with E-state index in [-0.39, 0.29) is 23.8 Å². The molecule has 1 N–H and O–H groups in total. The smallest absolute Gasteiger partial charge is 0.260 e. The van der Waals surface area contributed by atoms with E-state index in [1.54, 1.807) is 4.90 Å². The number of fused-ring (bicyclic) bond motifs is 1. The molecule has 122 valence electrons. The first-order valence-corrected chi connectivity index (χ1v) is 8.47. The quantitative estimate of drug-likeness (QED) is 0.847. The second kappa shape index (κ2) is 5.18. The van der Waals surface area contributed by atoms with Gasteiger partial charge in [-0.05, 0) is 38.5 Å². The summed E-state index contributed by atoms with van der Waals surface area (Å²) in [6, 6.07) is 0.304. The Balaban J connectivity index is 1.49. The summed E-state index contributed by atoms with van der Waals surface area (Å²) in [6.45, 7) is 1.40. The molecule has 0 aromatic carbocycles. The number of amides is 2. The van der Waals surface area contributed by atoms with Crippen molar-refractivity contribution in [2.75, 3.05) is 19.7 Å². The summed E-state index contributed by atoms with van der Waals surface area (Å²) in [7, 11) is 0. The predicted octanol–water partition coefficient (Wildman–Crippen LogP) is 1.02. The van der Waals surface area contributed by atoms with Crippen LogP contribution in [0, 0.1) is 11.8 Å². The first kappa shape index (κ1) is 14.4. The van der Waals surface area contributed by atoms with Crippen molar-refractivity contribution < 1.29 is 18.7 Å². The van der Waals surface area contributed by atoms with Gasteiger partial charge in [0.05, 0.1) is 12.0 Å². The average Bonchev–Trinajstić information content (AvgIpc) is 3.16. The number of carbonyl (C=O) groups is 2. The van der Waals surface area contributed by atoms with E-state index in [0.29, 0.717) is 38.6 Å². The highest BCUT2D eigenvalue weighted by molar-refractivity contribution is 5.87. The zero-order valence-corrected chi connectivity index (χ0v) is 12.7. The molecule has 4 rings (SSSR count). The molecule has 0 radical (unpaired) electrons. The largest absolute Gasteiger partial charge is 0.376 e. The lowest BCUT2D eigenvalue weighted by Gasteiger charge is -2.43. The van der Waals surface area contributed by atoms with Gasteiger partial charge in [-0.15, -0.1) is 0 Å². The van der Waals surface area contributed by atoms with E-state index in [1.807, 2.05) is 0 Å². The van der Waals surface area contributed by atoms with Gasteiger partial charge in [0.2, 0.25) is 5.91 Å². The van der Waals surface area contributed by atoms with Gasteiger partial charge in [-0.1, -0.05) is 0 Å². The predicted molar refractivity (Wildman–Crippen MR) is 76.8 cm³/mol. The van der Waals surface area contributed by atoms with E-state index in [4.69, 9.17) is 4.74 Å². The van der Waals surface area contributed by atoms with E-state index in [2.05, 4.69) is 5.32 Å². The maximum atomic E-state index is 14.4. The Morgan fingerprint density at radius 2 is 1.95 bits per heavy atom. The lowest BCUT2D eigenvalue weighted by Crippen LogP contribution is -2.59. The zero-order valence-electron chi connectivity index (χ0n) is 12.7. The Morgan fingerprint density at radius 1 is 1.18 bits per heavy atom. The molecule has 2 aliphatic carbocycles. The molecule has 4 fully saturated rings. The van der Waals surface area contributed by atoms with Gasteiger partial charge in [0, 0.05) is 31.7 Å². The van der Waals surface area contributed by atoms with Gasteiger partial charge in [0.25, 0.3) is 5.91 Å². The normalized spacial score (nSPS) is 36.4. The number of hydrogen-bond acceptors (Lipinski definition) is 3. The van der Waals surface area contributed by atoms with E-state index in [0.717, 1.165) is 25.7 Å². The maximum absolute atomic E-state index is 14.4. The van der Waals surface area contributed by atoms with Gasteiger partial charge in [-0.2, -0.15) is 0 Å². The van der Waals surface area contributed by atoms with Crippen LogP contribution in [0.25, 0.3) is 0 Å². The monoisotopic (exact) mass is 310 g/mol. The third kappa shape index (κ3) is 2.41. The van der Waals surface area contributed by atoms with Crippen LogP contribution in [-0.2, 0) is 14.3 Å². The third-order valence-electron chi connectivity index (χ3n) is 5.67. The molecule has 0 spiro atoms. The standard InChI is InChI=1S/C16H23FN2O3/c17-16(5-1-6-16)15(21)19-8-12(14(20)18-10-2-3-10)11-4-7-22-13(11)9-19/h10-13H,1-9H2,(H,18,20)/t11-,12+,13+/m0/s1. The number of ether oxygens (including phenoxy) is 1. The number of alkyl halides is 1. The number of rotatable bonds is 3. The number of carbonyl (C=O) groups excluding carboxylic acids is 2. The number of halogens is 1. The number of piperidine rings is 1. The summed E-state index contributed by atoms with van der Waals surface area (Å²) in [5.74, 6) is -0.506. The lowest BCUT2D eigenvalue weighted by atomic mass is 9.78. The molecule has 0 aromatic rings. The SMILES string of the molecule is O=C(NC1CC1)[C@@H]1CN(C(=O)C2(F)CCC2)C[C@H]2OCC[C@H]21. The van der Waals surface area contributed by atoms with Crippen molar-refractivity contribution in [1.82, 2.24) is 10.2 Å². The van der Waals surface area contributed by atoms with Gasteiger partial charge < -0.3 is 15.0 Å². The van der Waals surface area contributed by atoms with Crippen LogP contribution in [0.3, 0.4) is 0 Å². The molecule has 4 aliphatic rings. The number of hydrogen-bond donors (Lipinski definition) is 1. The van der Waals surface area contributed by atoms with Crippen LogP contribution in [0.15, 0.2) is 0 Å². The average molecular weight is 310 g/mol. The van der Waals surface area contributed by atoms with Crippen molar-refractivity contribution in [3.05, 3.63) is 0 Å². The van der Waals surface area contributed by atoms with Gasteiger partial charge in [-0.25, -0.2) is 4.39 Å². The molecule has 0 unspecified atom stereocenters. The summed E-state index contributed by atoms with van der Waals surface area (Å²) in [5.41, 5.74) is -1.69. The molecule has 2 saturated carbocycles. The maximum Gasteiger partial charge on any atom is 0.260 e. The molecule has 5 nitrogen and oxygen atoms in total. The molecule has 2 saturated heterocycles. The highest BCUT2D eigenvalue weighted by atomic mass is 19.1. The molecule has 22 heavy (non-hydrogen) atoms. The first-order valence-electron chi connectivity index (χ1n) is 8.47. The van der Waals surface area contributed by atoms with Crippen LogP contribution in [0.5, 0.6) is 0 Å². The number of likely N-dealkylation sites (tertiary alicyclic amines) is 1. The van der Waals surface area contributed by atoms with Crippen LogP contribution in [0.2, 0.25) is 0 Å². The molecule has 0 aromatic heterocycles. The highest BCUT2D eigenvalue weighted by Crippen LogP contribution is 2.40. The second-order valence-corrected chi connectivity index (χ2v) is 7.28. The molecule has 6 heteroatoms.